The van der Waals surface area contributed by atoms with Gasteiger partial charge in [0.15, 0.2) is 0 Å². The molecule has 170 valence electrons. The average molecular weight is 474 g/mol. The molecular weight excluding hydrogens is 439 g/mol. The SMILES string of the molecule is CC(NCCN)C(=O)O.CC(NCCN)C(=O)O.CC(NCCN)C(=O)[O-].[Fe].[Na+]. The van der Waals surface area contributed by atoms with Gasteiger partial charge >= 0.3 is 41.5 Å². The third kappa shape index (κ3) is 32.6. The van der Waals surface area contributed by atoms with Crippen LogP contribution in [0.3, 0.4) is 0 Å². The predicted octanol–water partition coefficient (Wildman–Crippen LogP) is -7.31. The van der Waals surface area contributed by atoms with Crippen LogP contribution in [0.25, 0.3) is 0 Å². The number of hydrogen-bond donors (Lipinski definition) is 8. The number of rotatable bonds is 12. The summed E-state index contributed by atoms with van der Waals surface area (Å²) in [6, 6.07) is -1.59. The standard InChI is InChI=1S/3C5H12N2O2.Fe.Na/c3*1-4(5(8)9)7-3-2-6;;/h3*4,7H,2-3,6H2,1H3,(H,8,9);;/q;;;;+1/p-1. The van der Waals surface area contributed by atoms with Crippen LogP contribution in [0.4, 0.5) is 0 Å². The maximum absolute atomic E-state index is 10.1. The van der Waals surface area contributed by atoms with Crippen molar-refractivity contribution < 1.29 is 76.3 Å². The fraction of sp³-hybridized carbons (Fsp3) is 0.800. The van der Waals surface area contributed by atoms with Gasteiger partial charge < -0.3 is 53.3 Å². The number of carbonyl (C=O) groups is 3. The molecule has 0 amide bonds. The Morgan fingerprint density at radius 2 is 1.00 bits per heavy atom. The van der Waals surface area contributed by atoms with E-state index in [1.165, 1.54) is 6.92 Å². The Kier molecular flexibility index (Phi) is 37.4. The molecule has 11 N–H and O–H groups in total. The van der Waals surface area contributed by atoms with Crippen molar-refractivity contribution in [3.05, 3.63) is 0 Å². The van der Waals surface area contributed by atoms with Gasteiger partial charge in [0.1, 0.15) is 12.1 Å². The zero-order chi connectivity index (χ0) is 21.8. The van der Waals surface area contributed by atoms with Crippen LogP contribution in [-0.2, 0) is 31.5 Å². The first-order valence-electron chi connectivity index (χ1n) is 8.51. The molecule has 29 heavy (non-hydrogen) atoms. The second kappa shape index (κ2) is 27.7. The van der Waals surface area contributed by atoms with Crippen LogP contribution in [0.15, 0.2) is 0 Å². The Hall–Kier alpha value is -0.311. The van der Waals surface area contributed by atoms with Gasteiger partial charge in [0.2, 0.25) is 0 Å². The normalized spacial score (nSPS) is 12.2. The molecule has 0 radical (unpaired) electrons. The summed E-state index contributed by atoms with van der Waals surface area (Å²) in [4.78, 5) is 30.2. The zero-order valence-electron chi connectivity index (χ0n) is 17.6. The molecule has 0 bridgehead atoms. The summed E-state index contributed by atoms with van der Waals surface area (Å²) >= 11 is 0. The van der Waals surface area contributed by atoms with E-state index in [2.05, 4.69) is 16.0 Å². The molecule has 0 aromatic rings. The van der Waals surface area contributed by atoms with Crippen LogP contribution >= 0.6 is 0 Å². The second-order valence-corrected chi connectivity index (χ2v) is 5.39. The Morgan fingerprint density at radius 1 is 0.759 bits per heavy atom. The van der Waals surface area contributed by atoms with Gasteiger partial charge in [0, 0.05) is 62.4 Å². The van der Waals surface area contributed by atoms with E-state index in [1.54, 1.807) is 13.8 Å². The molecule has 0 rings (SSSR count). The summed E-state index contributed by atoms with van der Waals surface area (Å²) in [6.07, 6.45) is 0. The number of carbonyl (C=O) groups excluding carboxylic acids is 1. The summed E-state index contributed by atoms with van der Waals surface area (Å²) in [7, 11) is 0. The van der Waals surface area contributed by atoms with Crippen molar-refractivity contribution in [3.8, 4) is 0 Å². The van der Waals surface area contributed by atoms with Gasteiger partial charge in [-0.3, -0.25) is 9.59 Å². The molecule has 0 aromatic carbocycles. The molecule has 3 unspecified atom stereocenters. The smallest absolute Gasteiger partial charge is 0.548 e. The van der Waals surface area contributed by atoms with E-state index in [1.807, 2.05) is 0 Å². The minimum atomic E-state index is -1.09. The largest absolute Gasteiger partial charge is 1.00 e. The van der Waals surface area contributed by atoms with E-state index in [0.717, 1.165) is 0 Å². The molecule has 0 saturated heterocycles. The van der Waals surface area contributed by atoms with E-state index in [-0.39, 0.29) is 46.6 Å². The van der Waals surface area contributed by atoms with Crippen molar-refractivity contribution in [2.24, 2.45) is 17.2 Å². The number of carboxylic acid groups (broad SMARTS) is 3. The molecule has 0 aliphatic rings. The maximum atomic E-state index is 10.1. The molecule has 0 saturated carbocycles. The van der Waals surface area contributed by atoms with Gasteiger partial charge in [-0.15, -0.1) is 0 Å². The van der Waals surface area contributed by atoms with Crippen molar-refractivity contribution in [3.63, 3.8) is 0 Å². The molecule has 0 aliphatic heterocycles. The third-order valence-corrected chi connectivity index (χ3v) is 2.88. The molecule has 0 heterocycles. The van der Waals surface area contributed by atoms with Crippen LogP contribution in [0, 0.1) is 0 Å². The molecular formula is C15H35FeN6NaO6. The van der Waals surface area contributed by atoms with E-state index in [0.29, 0.717) is 39.3 Å². The van der Waals surface area contributed by atoms with Gasteiger partial charge in [0.25, 0.3) is 0 Å². The fourth-order valence-corrected chi connectivity index (χ4v) is 1.16. The number of carboxylic acids is 3. The van der Waals surface area contributed by atoms with Crippen LogP contribution in [0.1, 0.15) is 20.8 Å². The van der Waals surface area contributed by atoms with Crippen LogP contribution in [0.5, 0.6) is 0 Å². The van der Waals surface area contributed by atoms with Crippen LogP contribution in [-0.4, -0.2) is 85.5 Å². The monoisotopic (exact) mass is 474 g/mol. The van der Waals surface area contributed by atoms with Crippen LogP contribution < -0.4 is 67.8 Å². The first-order chi connectivity index (χ1) is 12.5. The molecule has 14 heteroatoms. The van der Waals surface area contributed by atoms with Crippen molar-refractivity contribution in [1.29, 1.82) is 0 Å². The molecule has 3 atom stereocenters. The molecule has 0 aromatic heterocycles. The summed E-state index contributed by atoms with van der Waals surface area (Å²) in [5.74, 6) is -2.78. The van der Waals surface area contributed by atoms with E-state index < -0.39 is 36.0 Å². The van der Waals surface area contributed by atoms with Crippen molar-refractivity contribution >= 4 is 17.9 Å². The topological polar surface area (TPSA) is 229 Å². The number of aliphatic carboxylic acids is 3. The number of nitrogens with two attached hydrogens (primary N) is 3. The molecule has 12 nitrogen and oxygen atoms in total. The first-order valence-corrected chi connectivity index (χ1v) is 8.51. The van der Waals surface area contributed by atoms with Crippen molar-refractivity contribution in [1.82, 2.24) is 16.0 Å². The van der Waals surface area contributed by atoms with Crippen molar-refractivity contribution in [2.75, 3.05) is 39.3 Å². The van der Waals surface area contributed by atoms with E-state index >= 15 is 0 Å². The molecule has 0 fully saturated rings. The quantitative estimate of drug-likeness (QED) is 0.123. The minimum absolute atomic E-state index is 0. The summed E-state index contributed by atoms with van der Waals surface area (Å²) in [5.41, 5.74) is 15.3. The number of nitrogens with one attached hydrogen (secondary N) is 3. The Labute approximate surface area is 204 Å². The maximum Gasteiger partial charge on any atom is 1.00 e. The van der Waals surface area contributed by atoms with E-state index in [9.17, 15) is 19.5 Å². The molecule has 0 spiro atoms. The summed E-state index contributed by atoms with van der Waals surface area (Å²) in [6.45, 7) is 7.67. The van der Waals surface area contributed by atoms with Crippen LogP contribution in [0.2, 0.25) is 0 Å². The summed E-state index contributed by atoms with van der Waals surface area (Å²) < 4.78 is 0. The zero-order valence-corrected chi connectivity index (χ0v) is 20.7. The Balaban J connectivity index is -0.0000000960. The second-order valence-electron chi connectivity index (χ2n) is 5.39. The minimum Gasteiger partial charge on any atom is -0.548 e. The van der Waals surface area contributed by atoms with Gasteiger partial charge in [0.05, 0.1) is 5.97 Å². The van der Waals surface area contributed by atoms with Crippen molar-refractivity contribution in [2.45, 2.75) is 38.9 Å². The van der Waals surface area contributed by atoms with Gasteiger partial charge in [-0.1, -0.05) is 0 Å². The Bertz CT molecular complexity index is 354. The first kappa shape index (κ1) is 39.2. The third-order valence-electron chi connectivity index (χ3n) is 2.88. The van der Waals surface area contributed by atoms with E-state index in [4.69, 9.17) is 27.4 Å². The molecule has 0 aliphatic carbocycles. The fourth-order valence-electron chi connectivity index (χ4n) is 1.16. The van der Waals surface area contributed by atoms with Gasteiger partial charge in [-0.05, 0) is 20.8 Å². The summed E-state index contributed by atoms with van der Waals surface area (Å²) in [5, 5.41) is 34.7. The number of hydrogen-bond acceptors (Lipinski definition) is 10. The van der Waals surface area contributed by atoms with Gasteiger partial charge in [-0.25, -0.2) is 0 Å². The Morgan fingerprint density at radius 3 is 1.17 bits per heavy atom. The predicted molar refractivity (Wildman–Crippen MR) is 99.8 cm³/mol. The average Bonchev–Trinajstić information content (AvgIpc) is 2.62. The van der Waals surface area contributed by atoms with Gasteiger partial charge in [-0.2, -0.15) is 0 Å².